The summed E-state index contributed by atoms with van der Waals surface area (Å²) in [5.41, 5.74) is 1.31. The van der Waals surface area contributed by atoms with E-state index in [0.29, 0.717) is 18.0 Å². The number of rotatable bonds is 3. The van der Waals surface area contributed by atoms with Crippen LogP contribution in [0.25, 0.3) is 5.52 Å². The minimum Gasteiger partial charge on any atom is -0.352 e. The fourth-order valence-corrected chi connectivity index (χ4v) is 2.23. The van der Waals surface area contributed by atoms with E-state index in [4.69, 9.17) is 0 Å². The van der Waals surface area contributed by atoms with Gasteiger partial charge in [-0.2, -0.15) is 5.10 Å². The zero-order valence-corrected chi connectivity index (χ0v) is 9.97. The molecular formula is C12H15N5O. The lowest BCUT2D eigenvalue weighted by Gasteiger charge is -2.09. The van der Waals surface area contributed by atoms with E-state index in [0.717, 1.165) is 25.0 Å². The Balaban J connectivity index is 1.71. The summed E-state index contributed by atoms with van der Waals surface area (Å²) < 4.78 is 1.65. The summed E-state index contributed by atoms with van der Waals surface area (Å²) in [4.78, 5) is 16.1. The molecule has 1 unspecified atom stereocenters. The third-order valence-corrected chi connectivity index (χ3v) is 3.28. The average Bonchev–Trinajstić information content (AvgIpc) is 3.05. The molecular weight excluding hydrogens is 230 g/mol. The molecule has 2 aromatic heterocycles. The molecule has 1 amide bonds. The van der Waals surface area contributed by atoms with Gasteiger partial charge in [0.1, 0.15) is 0 Å². The summed E-state index contributed by atoms with van der Waals surface area (Å²) in [5.74, 6) is 0.457. The summed E-state index contributed by atoms with van der Waals surface area (Å²) in [5, 5.41) is 10.4. The maximum atomic E-state index is 12.1. The highest BCUT2D eigenvalue weighted by molar-refractivity contribution is 6.00. The predicted molar refractivity (Wildman–Crippen MR) is 66.3 cm³/mol. The highest BCUT2D eigenvalue weighted by Gasteiger charge is 2.17. The van der Waals surface area contributed by atoms with E-state index < -0.39 is 0 Å². The van der Waals surface area contributed by atoms with Crippen molar-refractivity contribution < 1.29 is 4.79 Å². The van der Waals surface area contributed by atoms with Gasteiger partial charge in [-0.05, 0) is 25.4 Å². The van der Waals surface area contributed by atoms with Crippen LogP contribution in [0, 0.1) is 5.92 Å². The lowest BCUT2D eigenvalue weighted by atomic mass is 10.1. The second kappa shape index (κ2) is 4.73. The molecule has 0 aromatic carbocycles. The minimum atomic E-state index is -0.0788. The lowest BCUT2D eigenvalue weighted by molar-refractivity contribution is 0.0950. The van der Waals surface area contributed by atoms with Crippen LogP contribution in [-0.4, -0.2) is 40.1 Å². The van der Waals surface area contributed by atoms with Gasteiger partial charge in [-0.25, -0.2) is 4.52 Å². The zero-order chi connectivity index (χ0) is 12.4. The molecule has 0 spiro atoms. The lowest BCUT2D eigenvalue weighted by Crippen LogP contribution is -2.30. The van der Waals surface area contributed by atoms with Crippen LogP contribution in [0.2, 0.25) is 0 Å². The molecule has 0 radical (unpaired) electrons. The van der Waals surface area contributed by atoms with E-state index >= 15 is 0 Å². The Morgan fingerprint density at radius 3 is 3.33 bits per heavy atom. The maximum Gasteiger partial charge on any atom is 0.255 e. The Morgan fingerprint density at radius 2 is 2.50 bits per heavy atom. The summed E-state index contributed by atoms with van der Waals surface area (Å²) in [6.07, 6.45) is 7.73. The first-order valence-electron chi connectivity index (χ1n) is 6.11. The number of fused-ring (bicyclic) bond motifs is 1. The van der Waals surface area contributed by atoms with Crippen LogP contribution in [-0.2, 0) is 0 Å². The van der Waals surface area contributed by atoms with Crippen molar-refractivity contribution in [1.29, 1.82) is 0 Å². The number of nitrogens with zero attached hydrogens (tertiary/aromatic N) is 3. The summed E-state index contributed by atoms with van der Waals surface area (Å²) >= 11 is 0. The zero-order valence-electron chi connectivity index (χ0n) is 9.97. The van der Waals surface area contributed by atoms with Crippen molar-refractivity contribution in [2.45, 2.75) is 6.42 Å². The van der Waals surface area contributed by atoms with Gasteiger partial charge in [0.05, 0.1) is 23.5 Å². The molecule has 0 aliphatic carbocycles. The number of hydrogen-bond acceptors (Lipinski definition) is 4. The second-order valence-electron chi connectivity index (χ2n) is 4.53. The van der Waals surface area contributed by atoms with Gasteiger partial charge < -0.3 is 10.6 Å². The van der Waals surface area contributed by atoms with Crippen LogP contribution in [0.4, 0.5) is 0 Å². The van der Waals surface area contributed by atoms with Gasteiger partial charge in [-0.1, -0.05) is 0 Å². The van der Waals surface area contributed by atoms with Gasteiger partial charge >= 0.3 is 0 Å². The molecule has 3 heterocycles. The van der Waals surface area contributed by atoms with Gasteiger partial charge in [-0.3, -0.25) is 9.78 Å². The summed E-state index contributed by atoms with van der Waals surface area (Å²) in [6, 6.07) is 0. The Labute approximate surface area is 104 Å². The fraction of sp³-hybridized carbons (Fsp3) is 0.417. The molecule has 6 heteroatoms. The van der Waals surface area contributed by atoms with Crippen molar-refractivity contribution in [3.8, 4) is 0 Å². The van der Waals surface area contributed by atoms with Crippen molar-refractivity contribution in [3.63, 3.8) is 0 Å². The van der Waals surface area contributed by atoms with E-state index in [-0.39, 0.29) is 5.91 Å². The molecule has 6 nitrogen and oxygen atoms in total. The number of nitrogens with one attached hydrogen (secondary N) is 2. The van der Waals surface area contributed by atoms with Crippen molar-refractivity contribution in [3.05, 3.63) is 30.4 Å². The first-order chi connectivity index (χ1) is 8.84. The Morgan fingerprint density at radius 1 is 1.56 bits per heavy atom. The Bertz CT molecular complexity index is 558. The number of aromatic nitrogens is 3. The van der Waals surface area contributed by atoms with E-state index in [1.165, 1.54) is 0 Å². The topological polar surface area (TPSA) is 71.3 Å². The van der Waals surface area contributed by atoms with E-state index in [1.54, 1.807) is 29.3 Å². The van der Waals surface area contributed by atoms with Gasteiger partial charge in [0, 0.05) is 18.9 Å². The highest BCUT2D eigenvalue weighted by atomic mass is 16.1. The number of hydrogen-bond donors (Lipinski definition) is 2. The van der Waals surface area contributed by atoms with Crippen molar-refractivity contribution in [2.75, 3.05) is 19.6 Å². The van der Waals surface area contributed by atoms with Gasteiger partial charge in [-0.15, -0.1) is 0 Å². The summed E-state index contributed by atoms with van der Waals surface area (Å²) in [7, 11) is 0. The second-order valence-corrected chi connectivity index (χ2v) is 4.53. The van der Waals surface area contributed by atoms with Crippen molar-refractivity contribution in [2.24, 2.45) is 5.92 Å². The molecule has 94 valence electrons. The molecule has 1 atom stereocenters. The SMILES string of the molecule is O=C(NCC1CCNC1)c1cnn2ccncc12. The van der Waals surface area contributed by atoms with Crippen LogP contribution in [0.1, 0.15) is 16.8 Å². The van der Waals surface area contributed by atoms with Crippen molar-refractivity contribution >= 4 is 11.4 Å². The molecule has 0 saturated carbocycles. The minimum absolute atomic E-state index is 0.0788. The quantitative estimate of drug-likeness (QED) is 0.802. The van der Waals surface area contributed by atoms with Crippen LogP contribution in [0.5, 0.6) is 0 Å². The smallest absolute Gasteiger partial charge is 0.255 e. The van der Waals surface area contributed by atoms with Crippen LogP contribution < -0.4 is 10.6 Å². The molecule has 1 fully saturated rings. The number of carbonyl (C=O) groups excluding carboxylic acids is 1. The molecule has 2 N–H and O–H groups in total. The molecule has 0 bridgehead atoms. The first kappa shape index (κ1) is 11.2. The Kier molecular flexibility index (Phi) is 2.93. The first-order valence-corrected chi connectivity index (χ1v) is 6.11. The van der Waals surface area contributed by atoms with Crippen molar-refractivity contribution in [1.82, 2.24) is 25.2 Å². The summed E-state index contributed by atoms with van der Waals surface area (Å²) in [6.45, 7) is 2.74. The van der Waals surface area contributed by atoms with Crippen LogP contribution in [0.3, 0.4) is 0 Å². The van der Waals surface area contributed by atoms with E-state index in [1.807, 2.05) is 0 Å². The predicted octanol–water partition coefficient (Wildman–Crippen LogP) is 0.0686. The molecule has 1 saturated heterocycles. The van der Waals surface area contributed by atoms with Gasteiger partial charge in [0.15, 0.2) is 0 Å². The average molecular weight is 245 g/mol. The maximum absolute atomic E-state index is 12.1. The third-order valence-electron chi connectivity index (χ3n) is 3.28. The molecule has 3 rings (SSSR count). The standard InChI is InChI=1S/C12H15N5O/c18-12(15-6-9-1-2-13-5-9)10-7-16-17-4-3-14-8-11(10)17/h3-4,7-9,13H,1-2,5-6H2,(H,15,18). The Hall–Kier alpha value is -1.95. The molecule has 1 aliphatic rings. The van der Waals surface area contributed by atoms with E-state index in [2.05, 4.69) is 20.7 Å². The van der Waals surface area contributed by atoms with Gasteiger partial charge in [0.2, 0.25) is 0 Å². The molecule has 1 aliphatic heterocycles. The largest absolute Gasteiger partial charge is 0.352 e. The molecule has 2 aromatic rings. The van der Waals surface area contributed by atoms with Crippen LogP contribution >= 0.6 is 0 Å². The fourth-order valence-electron chi connectivity index (χ4n) is 2.23. The normalized spacial score (nSPS) is 19.2. The number of carbonyl (C=O) groups is 1. The monoisotopic (exact) mass is 245 g/mol. The number of amides is 1. The molecule has 18 heavy (non-hydrogen) atoms. The third kappa shape index (κ3) is 2.06. The van der Waals surface area contributed by atoms with E-state index in [9.17, 15) is 4.79 Å². The highest BCUT2D eigenvalue weighted by Crippen LogP contribution is 2.10. The van der Waals surface area contributed by atoms with Crippen LogP contribution in [0.15, 0.2) is 24.8 Å². The van der Waals surface area contributed by atoms with Gasteiger partial charge in [0.25, 0.3) is 5.91 Å².